The Kier molecular flexibility index (Phi) is 7.78. The van der Waals surface area contributed by atoms with Gasteiger partial charge in [0.05, 0.1) is 24.5 Å². The van der Waals surface area contributed by atoms with E-state index >= 15 is 0 Å². The fourth-order valence-corrected chi connectivity index (χ4v) is 2.17. The van der Waals surface area contributed by atoms with Gasteiger partial charge >= 0.3 is 5.82 Å². The van der Waals surface area contributed by atoms with Crippen LogP contribution in [-0.4, -0.2) is 33.8 Å². The predicted octanol–water partition coefficient (Wildman–Crippen LogP) is 1.41. The summed E-state index contributed by atoms with van der Waals surface area (Å²) in [5.74, 6) is 1.15. The highest BCUT2D eigenvalue weighted by Gasteiger charge is 2.11. The maximum atomic E-state index is 9.14. The van der Waals surface area contributed by atoms with Crippen LogP contribution < -0.4 is 10.1 Å². The quantitative estimate of drug-likeness (QED) is 0.257. The molecule has 0 atom stereocenters. The Hall–Kier alpha value is -2.71. The van der Waals surface area contributed by atoms with Gasteiger partial charge in [0.15, 0.2) is 5.49 Å². The number of amidine groups is 1. The second-order valence-electron chi connectivity index (χ2n) is 5.86. The molecule has 2 rings (SSSR count). The lowest BCUT2D eigenvalue weighted by Gasteiger charge is -2.03. The maximum absolute atomic E-state index is 9.14. The van der Waals surface area contributed by atoms with E-state index in [1.807, 2.05) is 71.8 Å². The average Bonchev–Trinajstić information content (AvgIpc) is 2.64. The fourth-order valence-electron chi connectivity index (χ4n) is 2.17. The minimum absolute atomic E-state index is 0.0243. The Morgan fingerprint density at radius 2 is 1.92 bits per heavy atom. The lowest BCUT2D eigenvalue weighted by molar-refractivity contribution is -0.685. The molecule has 26 heavy (non-hydrogen) atoms. The van der Waals surface area contributed by atoms with Crippen LogP contribution >= 0.6 is 0 Å². The van der Waals surface area contributed by atoms with Gasteiger partial charge in [0.1, 0.15) is 6.54 Å². The van der Waals surface area contributed by atoms with Crippen LogP contribution in [0.2, 0.25) is 0 Å². The summed E-state index contributed by atoms with van der Waals surface area (Å²) >= 11 is 0. The zero-order valence-electron chi connectivity index (χ0n) is 15.1. The van der Waals surface area contributed by atoms with E-state index in [1.165, 1.54) is 0 Å². The molecule has 0 saturated heterocycles. The van der Waals surface area contributed by atoms with Gasteiger partial charge in [-0.3, -0.25) is 0 Å². The molecule has 0 saturated carbocycles. The van der Waals surface area contributed by atoms with Crippen molar-refractivity contribution >= 4 is 11.7 Å². The van der Waals surface area contributed by atoms with Gasteiger partial charge in [-0.25, -0.2) is 4.57 Å². The van der Waals surface area contributed by atoms with Crippen LogP contribution in [0.15, 0.2) is 69.2 Å². The number of nitrogens with zero attached hydrogens (tertiary/aromatic N) is 6. The van der Waals surface area contributed by atoms with E-state index in [0.29, 0.717) is 30.2 Å². The third-order valence-corrected chi connectivity index (χ3v) is 3.54. The van der Waals surface area contributed by atoms with Crippen LogP contribution in [0.4, 0.5) is 5.82 Å². The van der Waals surface area contributed by atoms with E-state index in [1.54, 1.807) is 0 Å². The summed E-state index contributed by atoms with van der Waals surface area (Å²) < 4.78 is 3.62. The lowest BCUT2D eigenvalue weighted by Crippen LogP contribution is -2.35. The third-order valence-electron chi connectivity index (χ3n) is 3.54. The Morgan fingerprint density at radius 1 is 1.12 bits per heavy atom. The zero-order valence-corrected chi connectivity index (χ0v) is 15.1. The van der Waals surface area contributed by atoms with Crippen molar-refractivity contribution in [1.29, 1.82) is 0 Å². The Labute approximate surface area is 152 Å². The van der Waals surface area contributed by atoms with E-state index in [2.05, 4.69) is 20.4 Å². The molecule has 2 aromatic heterocycles. The fraction of sp³-hybridized carbons (Fsp3) is 0.389. The Balaban J connectivity index is 2.33. The number of hydrogen-bond acceptors (Lipinski definition) is 5. The molecule has 0 fully saturated rings. The highest BCUT2D eigenvalue weighted by molar-refractivity contribution is 5.84. The molecule has 0 bridgehead atoms. The SMILES string of the molecule is CC(C)C(N=Nc1cccc[n+]1CCO)=NN=c1ccccn1CCO. The lowest BCUT2D eigenvalue weighted by atomic mass is 10.2. The molecule has 138 valence electrons. The number of azo groups is 1. The van der Waals surface area contributed by atoms with Gasteiger partial charge in [-0.2, -0.15) is 0 Å². The molecular formula is C18H25N6O2+. The first kappa shape index (κ1) is 19.6. The van der Waals surface area contributed by atoms with E-state index in [9.17, 15) is 0 Å². The maximum Gasteiger partial charge on any atom is 0.350 e. The number of aromatic nitrogens is 2. The summed E-state index contributed by atoms with van der Waals surface area (Å²) in [6.07, 6.45) is 3.67. The molecule has 0 amide bonds. The van der Waals surface area contributed by atoms with Gasteiger partial charge in [0, 0.05) is 24.7 Å². The largest absolute Gasteiger partial charge is 0.395 e. The minimum Gasteiger partial charge on any atom is -0.395 e. The van der Waals surface area contributed by atoms with Crippen LogP contribution in [0.3, 0.4) is 0 Å². The van der Waals surface area contributed by atoms with E-state index < -0.39 is 0 Å². The van der Waals surface area contributed by atoms with Gasteiger partial charge in [-0.1, -0.05) is 26.0 Å². The summed E-state index contributed by atoms with van der Waals surface area (Å²) in [5, 5.41) is 35.3. The number of rotatable bonds is 7. The Bertz CT molecular complexity index is 826. The van der Waals surface area contributed by atoms with Crippen LogP contribution in [0.25, 0.3) is 0 Å². The molecule has 2 N–H and O–H groups in total. The molecule has 0 aliphatic rings. The van der Waals surface area contributed by atoms with Crippen molar-refractivity contribution in [3.63, 3.8) is 0 Å². The van der Waals surface area contributed by atoms with Crippen molar-refractivity contribution in [2.24, 2.45) is 26.3 Å². The van der Waals surface area contributed by atoms with Crippen LogP contribution in [0.5, 0.6) is 0 Å². The molecule has 0 aliphatic heterocycles. The summed E-state index contributed by atoms with van der Waals surface area (Å²) in [7, 11) is 0. The molecule has 2 aromatic rings. The van der Waals surface area contributed by atoms with Gasteiger partial charge in [0.2, 0.25) is 5.84 Å². The highest BCUT2D eigenvalue weighted by Crippen LogP contribution is 2.08. The van der Waals surface area contributed by atoms with Crippen LogP contribution in [0.1, 0.15) is 13.8 Å². The number of pyridine rings is 2. The second kappa shape index (κ2) is 10.3. The molecule has 0 spiro atoms. The predicted molar refractivity (Wildman–Crippen MR) is 97.6 cm³/mol. The topological polar surface area (TPSA) is 98.7 Å². The van der Waals surface area contributed by atoms with Crippen molar-refractivity contribution in [2.45, 2.75) is 26.9 Å². The first-order valence-corrected chi connectivity index (χ1v) is 8.54. The van der Waals surface area contributed by atoms with Crippen molar-refractivity contribution in [2.75, 3.05) is 13.2 Å². The zero-order chi connectivity index (χ0) is 18.8. The Morgan fingerprint density at radius 3 is 2.65 bits per heavy atom. The first-order chi connectivity index (χ1) is 12.7. The van der Waals surface area contributed by atoms with Gasteiger partial charge in [0.25, 0.3) is 0 Å². The van der Waals surface area contributed by atoms with E-state index in [4.69, 9.17) is 10.2 Å². The van der Waals surface area contributed by atoms with Crippen LogP contribution in [-0.2, 0) is 13.1 Å². The van der Waals surface area contributed by atoms with Gasteiger partial charge in [-0.15, -0.1) is 10.2 Å². The average molecular weight is 357 g/mol. The summed E-state index contributed by atoms with van der Waals surface area (Å²) in [4.78, 5) is 0. The summed E-state index contributed by atoms with van der Waals surface area (Å²) in [5.41, 5.74) is 0.630. The second-order valence-corrected chi connectivity index (χ2v) is 5.86. The van der Waals surface area contributed by atoms with Crippen molar-refractivity contribution in [3.05, 3.63) is 54.3 Å². The molecule has 0 unspecified atom stereocenters. The highest BCUT2D eigenvalue weighted by atomic mass is 16.3. The molecular weight excluding hydrogens is 332 g/mol. The van der Waals surface area contributed by atoms with E-state index in [0.717, 1.165) is 0 Å². The van der Waals surface area contributed by atoms with E-state index in [-0.39, 0.29) is 19.1 Å². The number of aliphatic hydroxyl groups is 2. The number of hydrogen-bond donors (Lipinski definition) is 2. The molecule has 0 aromatic carbocycles. The molecule has 0 aliphatic carbocycles. The van der Waals surface area contributed by atoms with Crippen molar-refractivity contribution < 1.29 is 14.8 Å². The third kappa shape index (κ3) is 5.68. The molecule has 8 nitrogen and oxygen atoms in total. The first-order valence-electron chi connectivity index (χ1n) is 8.54. The molecule has 2 heterocycles. The van der Waals surface area contributed by atoms with Gasteiger partial charge < -0.3 is 14.8 Å². The summed E-state index contributed by atoms with van der Waals surface area (Å²) in [6.45, 7) is 4.87. The van der Waals surface area contributed by atoms with Gasteiger partial charge in [-0.05, 0) is 23.3 Å². The van der Waals surface area contributed by atoms with Crippen molar-refractivity contribution in [3.8, 4) is 0 Å². The standard InChI is InChI=1S/C18H25N6O2/c1-15(2)18(21-19-16-7-3-5-9-23(16)11-13-25)22-20-17-8-4-6-10-24(17)12-14-26/h3-10,15,25-26H,11-14H2,1-2H3/q+1. The molecule has 0 radical (unpaired) electrons. The smallest absolute Gasteiger partial charge is 0.350 e. The normalized spacial score (nSPS) is 13.1. The van der Waals surface area contributed by atoms with Crippen molar-refractivity contribution in [1.82, 2.24) is 4.57 Å². The summed E-state index contributed by atoms with van der Waals surface area (Å²) in [6, 6.07) is 11.1. The monoisotopic (exact) mass is 357 g/mol. The number of aliphatic hydroxyl groups excluding tert-OH is 2. The molecule has 8 heteroatoms. The minimum atomic E-state index is 0.0243. The van der Waals surface area contributed by atoms with Crippen LogP contribution in [0, 0.1) is 5.92 Å².